The Hall–Kier alpha value is -3.19. The SMILES string of the molecule is N#Cc1cc(C2C=CC[C@H](C(=O)Nc3ccc(C(F)(F)F)cc3F)[C@H]2C(=O)O)ccc1Br. The first-order valence-electron chi connectivity index (χ1n) is 9.29. The predicted molar refractivity (Wildman–Crippen MR) is 110 cm³/mol. The maximum atomic E-state index is 14.1. The summed E-state index contributed by atoms with van der Waals surface area (Å²) >= 11 is 3.23. The Bertz CT molecular complexity index is 1140. The number of rotatable bonds is 4. The standard InChI is InChI=1S/C22H15BrF4N2O3/c23-16-6-4-11(8-12(16)10-28)14-2-1-3-15(19(14)21(31)32)20(30)29-18-7-5-13(9-17(18)24)22(25,26)27/h1-2,4-9,14-15,19H,3H2,(H,29,30)(H,31,32)/t14?,15-,19-/m0/s1. The summed E-state index contributed by atoms with van der Waals surface area (Å²) in [5.74, 6) is -6.47. The van der Waals surface area contributed by atoms with Gasteiger partial charge in [0.1, 0.15) is 11.9 Å². The van der Waals surface area contributed by atoms with Crippen molar-refractivity contribution in [2.45, 2.75) is 18.5 Å². The van der Waals surface area contributed by atoms with Crippen LogP contribution in [0.5, 0.6) is 0 Å². The zero-order valence-corrected chi connectivity index (χ0v) is 17.7. The average Bonchev–Trinajstić information content (AvgIpc) is 2.74. The molecule has 0 aliphatic heterocycles. The van der Waals surface area contributed by atoms with Crippen LogP contribution in [0.1, 0.15) is 29.0 Å². The molecule has 32 heavy (non-hydrogen) atoms. The second kappa shape index (κ2) is 9.12. The van der Waals surface area contributed by atoms with E-state index in [-0.39, 0.29) is 12.5 Å². The van der Waals surface area contributed by atoms with Gasteiger partial charge in [0.2, 0.25) is 5.91 Å². The van der Waals surface area contributed by atoms with Crippen LogP contribution in [0.4, 0.5) is 23.2 Å². The van der Waals surface area contributed by atoms with E-state index in [1.54, 1.807) is 24.3 Å². The summed E-state index contributed by atoms with van der Waals surface area (Å²) in [4.78, 5) is 24.9. The molecule has 2 aromatic rings. The molecule has 1 unspecified atom stereocenters. The molecule has 0 aromatic heterocycles. The van der Waals surface area contributed by atoms with Gasteiger partial charge in [-0.3, -0.25) is 9.59 Å². The van der Waals surface area contributed by atoms with Crippen LogP contribution >= 0.6 is 15.9 Å². The molecule has 1 aliphatic carbocycles. The number of hydrogen-bond donors (Lipinski definition) is 2. The van der Waals surface area contributed by atoms with E-state index >= 15 is 0 Å². The number of nitriles is 1. The lowest BCUT2D eigenvalue weighted by Gasteiger charge is -2.31. The van der Waals surface area contributed by atoms with E-state index in [1.165, 1.54) is 6.07 Å². The summed E-state index contributed by atoms with van der Waals surface area (Å²) in [5, 5.41) is 21.3. The smallest absolute Gasteiger partial charge is 0.416 e. The number of halogens is 5. The first-order valence-corrected chi connectivity index (χ1v) is 10.1. The number of carboxylic acids is 1. The lowest BCUT2D eigenvalue weighted by atomic mass is 9.72. The minimum Gasteiger partial charge on any atom is -0.481 e. The molecular weight excluding hydrogens is 496 g/mol. The first kappa shape index (κ1) is 23.5. The highest BCUT2D eigenvalue weighted by Crippen LogP contribution is 2.39. The van der Waals surface area contributed by atoms with Crippen molar-refractivity contribution in [1.29, 1.82) is 5.26 Å². The summed E-state index contributed by atoms with van der Waals surface area (Å²) < 4.78 is 52.9. The highest BCUT2D eigenvalue weighted by molar-refractivity contribution is 9.10. The molecule has 10 heteroatoms. The number of nitrogens with zero attached hydrogens (tertiary/aromatic N) is 1. The lowest BCUT2D eigenvalue weighted by Crippen LogP contribution is -2.38. The molecule has 0 saturated carbocycles. The summed E-state index contributed by atoms with van der Waals surface area (Å²) in [6.07, 6.45) is -1.45. The Labute approximate surface area is 188 Å². The zero-order valence-electron chi connectivity index (χ0n) is 16.2. The Morgan fingerprint density at radius 3 is 2.50 bits per heavy atom. The maximum Gasteiger partial charge on any atom is 0.416 e. The number of amides is 1. The second-order valence-corrected chi connectivity index (χ2v) is 8.05. The van der Waals surface area contributed by atoms with E-state index in [1.807, 2.05) is 6.07 Å². The fourth-order valence-corrected chi connectivity index (χ4v) is 3.99. The summed E-state index contributed by atoms with van der Waals surface area (Å²) in [6, 6.07) is 8.41. The number of benzene rings is 2. The number of alkyl halides is 3. The van der Waals surface area contributed by atoms with Gasteiger partial charge in [0.25, 0.3) is 0 Å². The summed E-state index contributed by atoms with van der Waals surface area (Å²) in [5.41, 5.74) is -0.890. The van der Waals surface area contributed by atoms with Crippen molar-refractivity contribution in [3.63, 3.8) is 0 Å². The molecule has 5 nitrogen and oxygen atoms in total. The molecule has 3 atom stereocenters. The molecule has 3 rings (SSSR count). The number of hydrogen-bond acceptors (Lipinski definition) is 3. The van der Waals surface area contributed by atoms with E-state index in [0.29, 0.717) is 21.7 Å². The van der Waals surface area contributed by atoms with Crippen molar-refractivity contribution in [2.75, 3.05) is 5.32 Å². The fraction of sp³-hybridized carbons (Fsp3) is 0.227. The van der Waals surface area contributed by atoms with Gasteiger partial charge in [-0.2, -0.15) is 18.4 Å². The molecular formula is C22H15BrF4N2O3. The molecule has 0 fully saturated rings. The van der Waals surface area contributed by atoms with Crippen molar-refractivity contribution in [3.05, 3.63) is 75.5 Å². The Morgan fingerprint density at radius 1 is 1.19 bits per heavy atom. The van der Waals surface area contributed by atoms with Gasteiger partial charge >= 0.3 is 12.1 Å². The molecule has 0 saturated heterocycles. The van der Waals surface area contributed by atoms with Gasteiger partial charge in [0.05, 0.1) is 28.7 Å². The number of carbonyl (C=O) groups is 2. The van der Waals surface area contributed by atoms with Crippen LogP contribution in [0.2, 0.25) is 0 Å². The largest absolute Gasteiger partial charge is 0.481 e. The van der Waals surface area contributed by atoms with Crippen molar-refractivity contribution in [3.8, 4) is 6.07 Å². The Balaban J connectivity index is 1.89. The quantitative estimate of drug-likeness (QED) is 0.421. The van der Waals surface area contributed by atoms with E-state index in [0.717, 1.165) is 6.07 Å². The monoisotopic (exact) mass is 510 g/mol. The number of anilines is 1. The van der Waals surface area contributed by atoms with Crippen molar-refractivity contribution in [1.82, 2.24) is 0 Å². The third-order valence-corrected chi connectivity index (χ3v) is 5.92. The normalized spacial score (nSPS) is 20.4. The fourth-order valence-electron chi connectivity index (χ4n) is 3.66. The summed E-state index contributed by atoms with van der Waals surface area (Å²) in [6.45, 7) is 0. The molecule has 0 heterocycles. The minimum atomic E-state index is -4.74. The number of carbonyl (C=O) groups excluding carboxylic acids is 1. The number of carboxylic acid groups (broad SMARTS) is 1. The Kier molecular flexibility index (Phi) is 6.69. The van der Waals surface area contributed by atoms with Crippen molar-refractivity contribution < 1.29 is 32.3 Å². The van der Waals surface area contributed by atoms with Gasteiger partial charge in [-0.1, -0.05) is 18.2 Å². The molecule has 1 amide bonds. The van der Waals surface area contributed by atoms with Crippen molar-refractivity contribution in [2.24, 2.45) is 11.8 Å². The lowest BCUT2D eigenvalue weighted by molar-refractivity contribution is -0.147. The van der Waals surface area contributed by atoms with Crippen LogP contribution in [0.15, 0.2) is 53.0 Å². The summed E-state index contributed by atoms with van der Waals surface area (Å²) in [7, 11) is 0. The van der Waals surface area contributed by atoms with Crippen LogP contribution in [-0.4, -0.2) is 17.0 Å². The third kappa shape index (κ3) is 4.83. The molecule has 2 N–H and O–H groups in total. The van der Waals surface area contributed by atoms with E-state index in [4.69, 9.17) is 0 Å². The minimum absolute atomic E-state index is 0.0448. The van der Waals surface area contributed by atoms with Gasteiger partial charge < -0.3 is 10.4 Å². The molecule has 0 spiro atoms. The molecule has 166 valence electrons. The number of allylic oxidation sites excluding steroid dienone is 2. The first-order chi connectivity index (χ1) is 15.0. The highest BCUT2D eigenvalue weighted by atomic mass is 79.9. The van der Waals surface area contributed by atoms with Crippen LogP contribution in [0.3, 0.4) is 0 Å². The molecule has 2 aromatic carbocycles. The van der Waals surface area contributed by atoms with Crippen LogP contribution in [-0.2, 0) is 15.8 Å². The van der Waals surface area contributed by atoms with Gasteiger partial charge in [0, 0.05) is 10.4 Å². The van der Waals surface area contributed by atoms with Gasteiger partial charge in [-0.15, -0.1) is 0 Å². The van der Waals surface area contributed by atoms with Crippen LogP contribution in [0.25, 0.3) is 0 Å². The number of nitrogens with one attached hydrogen (secondary N) is 1. The van der Waals surface area contributed by atoms with Gasteiger partial charge in [0.15, 0.2) is 0 Å². The third-order valence-electron chi connectivity index (χ3n) is 5.23. The molecule has 1 aliphatic rings. The predicted octanol–water partition coefficient (Wildman–Crippen LogP) is 5.48. The number of aliphatic carboxylic acids is 1. The highest BCUT2D eigenvalue weighted by Gasteiger charge is 2.41. The average molecular weight is 511 g/mol. The maximum absolute atomic E-state index is 14.1. The van der Waals surface area contributed by atoms with Gasteiger partial charge in [-0.05, 0) is 58.2 Å². The van der Waals surface area contributed by atoms with E-state index in [9.17, 15) is 37.5 Å². The van der Waals surface area contributed by atoms with E-state index < -0.39 is 52.9 Å². The van der Waals surface area contributed by atoms with Crippen molar-refractivity contribution >= 4 is 33.5 Å². The van der Waals surface area contributed by atoms with Gasteiger partial charge in [-0.25, -0.2) is 4.39 Å². The second-order valence-electron chi connectivity index (χ2n) is 7.19. The topological polar surface area (TPSA) is 90.2 Å². The van der Waals surface area contributed by atoms with Crippen LogP contribution < -0.4 is 5.32 Å². The molecule has 0 bridgehead atoms. The Morgan fingerprint density at radius 2 is 1.91 bits per heavy atom. The zero-order chi connectivity index (χ0) is 23.6. The van der Waals surface area contributed by atoms with E-state index in [2.05, 4.69) is 21.2 Å². The molecule has 0 radical (unpaired) electrons. The van der Waals surface area contributed by atoms with Crippen LogP contribution in [0, 0.1) is 29.0 Å².